The second kappa shape index (κ2) is 9.65. The Balaban J connectivity index is 1.33. The number of carbonyl (C=O) groups excluding carboxylic acids is 2. The van der Waals surface area contributed by atoms with Crippen molar-refractivity contribution >= 4 is 34.3 Å². The predicted octanol–water partition coefficient (Wildman–Crippen LogP) is 5.91. The van der Waals surface area contributed by atoms with E-state index in [1.54, 1.807) is 16.6 Å². The smallest absolute Gasteiger partial charge is 0.253 e. The van der Waals surface area contributed by atoms with Gasteiger partial charge in [0.1, 0.15) is 5.82 Å². The third-order valence-electron chi connectivity index (χ3n) is 7.18. The molecular weight excluding hydrogens is 495 g/mol. The molecule has 9 heteroatoms. The lowest BCUT2D eigenvalue weighted by Crippen LogP contribution is -2.26. The molecule has 2 amide bonds. The minimum absolute atomic E-state index is 0.0382. The molecule has 2 N–H and O–H groups in total. The molecule has 0 spiro atoms. The van der Waals surface area contributed by atoms with Gasteiger partial charge in [0.05, 0.1) is 11.6 Å². The van der Waals surface area contributed by atoms with Crippen molar-refractivity contribution in [1.29, 1.82) is 0 Å². The zero-order valence-electron chi connectivity index (χ0n) is 22.0. The van der Waals surface area contributed by atoms with E-state index < -0.39 is 0 Å². The van der Waals surface area contributed by atoms with Gasteiger partial charge in [-0.25, -0.2) is 8.91 Å². The van der Waals surface area contributed by atoms with Gasteiger partial charge in [0.15, 0.2) is 5.65 Å². The Morgan fingerprint density at radius 1 is 1.03 bits per heavy atom. The van der Waals surface area contributed by atoms with Crippen LogP contribution in [0.4, 0.5) is 10.3 Å². The molecule has 198 valence electrons. The van der Waals surface area contributed by atoms with Crippen molar-refractivity contribution in [2.24, 2.45) is 5.92 Å². The lowest BCUT2D eigenvalue weighted by atomic mass is 10.0. The molecule has 8 nitrogen and oxygen atoms in total. The number of fused-ring (bicyclic) bond motifs is 2. The monoisotopic (exact) mass is 524 g/mol. The number of hydrogen-bond acceptors (Lipinski definition) is 4. The van der Waals surface area contributed by atoms with Crippen LogP contribution in [-0.4, -0.2) is 31.0 Å². The summed E-state index contributed by atoms with van der Waals surface area (Å²) in [6, 6.07) is 15.9. The molecule has 6 rings (SSSR count). The summed E-state index contributed by atoms with van der Waals surface area (Å²) in [4.78, 5) is 30.0. The highest BCUT2D eigenvalue weighted by Crippen LogP contribution is 2.32. The molecule has 0 aliphatic heterocycles. The van der Waals surface area contributed by atoms with Crippen LogP contribution in [0, 0.1) is 11.7 Å². The van der Waals surface area contributed by atoms with E-state index in [2.05, 4.69) is 39.1 Å². The Hall–Kier alpha value is -4.53. The number of carbonyl (C=O) groups is 2. The summed E-state index contributed by atoms with van der Waals surface area (Å²) in [5.74, 6) is -0.238. The molecule has 5 aromatic rings. The summed E-state index contributed by atoms with van der Waals surface area (Å²) < 4.78 is 17.5. The fraction of sp³-hybridized carbons (Fsp3) is 0.267. The van der Waals surface area contributed by atoms with E-state index >= 15 is 0 Å². The molecule has 0 saturated heterocycles. The summed E-state index contributed by atoms with van der Waals surface area (Å²) in [6.07, 6.45) is 5.51. The summed E-state index contributed by atoms with van der Waals surface area (Å²) in [7, 11) is 0. The summed E-state index contributed by atoms with van der Waals surface area (Å²) in [5.41, 5.74) is 4.65. The number of hydrogen-bond donors (Lipinski definition) is 2. The van der Waals surface area contributed by atoms with Crippen LogP contribution in [0.1, 0.15) is 61.6 Å². The van der Waals surface area contributed by atoms with Crippen LogP contribution < -0.4 is 10.6 Å². The van der Waals surface area contributed by atoms with Crippen molar-refractivity contribution in [3.05, 3.63) is 83.9 Å². The molecule has 1 aliphatic carbocycles. The third kappa shape index (κ3) is 4.87. The zero-order valence-corrected chi connectivity index (χ0v) is 22.0. The van der Waals surface area contributed by atoms with E-state index in [4.69, 9.17) is 0 Å². The fourth-order valence-corrected chi connectivity index (χ4v) is 4.85. The first-order valence-electron chi connectivity index (χ1n) is 13.2. The number of benzene rings is 2. The first-order valence-corrected chi connectivity index (χ1v) is 13.2. The van der Waals surface area contributed by atoms with Gasteiger partial charge in [0.2, 0.25) is 11.9 Å². The highest BCUT2D eigenvalue weighted by atomic mass is 19.1. The number of halogens is 1. The quantitative estimate of drug-likeness (QED) is 0.277. The van der Waals surface area contributed by atoms with Crippen LogP contribution in [0.15, 0.2) is 67.0 Å². The molecule has 1 saturated carbocycles. The highest BCUT2D eigenvalue weighted by molar-refractivity contribution is 6.08. The maximum atomic E-state index is 13.7. The molecule has 2 aromatic carbocycles. The molecule has 1 unspecified atom stereocenters. The summed E-state index contributed by atoms with van der Waals surface area (Å²) >= 11 is 0. The number of amides is 2. The summed E-state index contributed by atoms with van der Waals surface area (Å²) in [5, 5.41) is 11.0. The van der Waals surface area contributed by atoms with Gasteiger partial charge in [-0.05, 0) is 86.7 Å². The molecule has 1 atom stereocenters. The van der Waals surface area contributed by atoms with Gasteiger partial charge in [-0.2, -0.15) is 4.98 Å². The van der Waals surface area contributed by atoms with Crippen LogP contribution in [0.25, 0.3) is 27.7 Å². The molecule has 3 aromatic heterocycles. The van der Waals surface area contributed by atoms with Gasteiger partial charge in [-0.15, -0.1) is 5.10 Å². The van der Waals surface area contributed by atoms with Crippen LogP contribution in [0.3, 0.4) is 0 Å². The Morgan fingerprint density at radius 3 is 2.56 bits per heavy atom. The first-order chi connectivity index (χ1) is 18.8. The minimum atomic E-state index is -0.362. The second-order valence-corrected chi connectivity index (χ2v) is 10.4. The Kier molecular flexibility index (Phi) is 6.13. The van der Waals surface area contributed by atoms with E-state index in [-0.39, 0.29) is 35.6 Å². The number of anilines is 1. The number of nitrogens with zero attached hydrogens (tertiary/aromatic N) is 4. The molecule has 1 fully saturated rings. The van der Waals surface area contributed by atoms with Gasteiger partial charge >= 0.3 is 0 Å². The SMILES string of the molecule is CC(NC(=O)c1cn(C(C)C)c2ccc(-c3ccn4nc(NC(=O)C5CC5)nc4c3)cc12)c1cccc(F)c1. The lowest BCUT2D eigenvalue weighted by molar-refractivity contribution is -0.117. The first kappa shape index (κ1) is 24.8. The van der Waals surface area contributed by atoms with Gasteiger partial charge in [0.25, 0.3) is 5.91 Å². The van der Waals surface area contributed by atoms with Crippen molar-refractivity contribution in [2.75, 3.05) is 5.32 Å². The summed E-state index contributed by atoms with van der Waals surface area (Å²) in [6.45, 7) is 5.99. The van der Waals surface area contributed by atoms with Crippen LogP contribution in [0.2, 0.25) is 0 Å². The minimum Gasteiger partial charge on any atom is -0.345 e. The molecule has 39 heavy (non-hydrogen) atoms. The number of nitrogens with one attached hydrogen (secondary N) is 2. The van der Waals surface area contributed by atoms with E-state index in [0.717, 1.165) is 34.9 Å². The van der Waals surface area contributed by atoms with Crippen LogP contribution in [-0.2, 0) is 4.79 Å². The normalized spacial score (nSPS) is 14.2. The van der Waals surface area contributed by atoms with Gasteiger partial charge in [-0.3, -0.25) is 14.9 Å². The maximum Gasteiger partial charge on any atom is 0.253 e. The van der Waals surface area contributed by atoms with E-state index in [1.165, 1.54) is 12.1 Å². The molecule has 1 aliphatic rings. The van der Waals surface area contributed by atoms with Gasteiger partial charge < -0.3 is 9.88 Å². The average molecular weight is 525 g/mol. The van der Waals surface area contributed by atoms with Gasteiger partial charge in [0, 0.05) is 35.3 Å². The van der Waals surface area contributed by atoms with Crippen molar-refractivity contribution in [3.63, 3.8) is 0 Å². The fourth-order valence-electron chi connectivity index (χ4n) is 4.85. The van der Waals surface area contributed by atoms with E-state index in [1.807, 2.05) is 49.6 Å². The highest BCUT2D eigenvalue weighted by Gasteiger charge is 2.30. The molecule has 0 radical (unpaired) electrons. The number of pyridine rings is 1. The third-order valence-corrected chi connectivity index (χ3v) is 7.18. The Labute approximate surface area is 224 Å². The molecule has 0 bridgehead atoms. The van der Waals surface area contributed by atoms with Crippen molar-refractivity contribution in [1.82, 2.24) is 24.5 Å². The standard InChI is InChI=1S/C30H29FN6O2/c1-17(2)36-16-25(29(39)32-18(3)20-5-4-6-23(31)13-20)24-14-21(9-10-26(24)36)22-11-12-37-27(15-22)33-30(35-37)34-28(38)19-7-8-19/h4-6,9-19H,7-8H2,1-3H3,(H,32,39)(H,34,35,38). The zero-order chi connectivity index (χ0) is 27.3. The van der Waals surface area contributed by atoms with Crippen molar-refractivity contribution in [3.8, 4) is 11.1 Å². The Morgan fingerprint density at radius 2 is 1.82 bits per heavy atom. The lowest BCUT2D eigenvalue weighted by Gasteiger charge is -2.14. The van der Waals surface area contributed by atoms with Crippen LogP contribution in [0.5, 0.6) is 0 Å². The number of aromatic nitrogens is 4. The predicted molar refractivity (Wildman–Crippen MR) is 148 cm³/mol. The van der Waals surface area contributed by atoms with Crippen molar-refractivity contribution in [2.45, 2.75) is 45.7 Å². The second-order valence-electron chi connectivity index (χ2n) is 10.4. The average Bonchev–Trinajstić information content (AvgIpc) is 3.58. The van der Waals surface area contributed by atoms with Crippen LogP contribution >= 0.6 is 0 Å². The largest absolute Gasteiger partial charge is 0.345 e. The van der Waals surface area contributed by atoms with Crippen molar-refractivity contribution < 1.29 is 14.0 Å². The van der Waals surface area contributed by atoms with Gasteiger partial charge in [-0.1, -0.05) is 18.2 Å². The molecule has 3 heterocycles. The Bertz CT molecular complexity index is 1730. The maximum absolute atomic E-state index is 13.7. The van der Waals surface area contributed by atoms with E-state index in [0.29, 0.717) is 22.7 Å². The number of rotatable bonds is 7. The van der Waals surface area contributed by atoms with E-state index in [9.17, 15) is 14.0 Å². The molecular formula is C30H29FN6O2. The topological polar surface area (TPSA) is 93.3 Å².